The van der Waals surface area contributed by atoms with Gasteiger partial charge in [0.15, 0.2) is 10.8 Å². The molecule has 0 bridgehead atoms. The Hall–Kier alpha value is -2.80. The topological polar surface area (TPSA) is 69.6 Å². The molecule has 3 heterocycles. The van der Waals surface area contributed by atoms with Gasteiger partial charge in [-0.15, -0.1) is 10.2 Å². The van der Waals surface area contributed by atoms with E-state index in [1.807, 2.05) is 34.7 Å². The number of esters is 1. The number of pyridine rings is 1. The van der Waals surface area contributed by atoms with E-state index in [-0.39, 0.29) is 5.76 Å². The van der Waals surface area contributed by atoms with Crippen LogP contribution in [-0.2, 0) is 10.5 Å². The Morgan fingerprint density at radius 3 is 2.92 bits per heavy atom. The summed E-state index contributed by atoms with van der Waals surface area (Å²) in [6.07, 6.45) is 0. The fourth-order valence-electron chi connectivity index (χ4n) is 2.61. The van der Waals surface area contributed by atoms with E-state index in [1.54, 1.807) is 19.1 Å². The van der Waals surface area contributed by atoms with Crippen molar-refractivity contribution in [2.24, 2.45) is 0 Å². The highest BCUT2D eigenvalue weighted by molar-refractivity contribution is 7.98. The molecule has 25 heavy (non-hydrogen) atoms. The number of hydrogen-bond donors (Lipinski definition) is 0. The SMILES string of the molecule is CCOC(=O)c1ccc(CSc2nnc3ccc4ccccc4n23)o1. The van der Waals surface area contributed by atoms with Gasteiger partial charge in [-0.2, -0.15) is 0 Å². The normalized spacial score (nSPS) is 11.2. The van der Waals surface area contributed by atoms with E-state index >= 15 is 0 Å². The second kappa shape index (κ2) is 6.60. The Morgan fingerprint density at radius 1 is 1.16 bits per heavy atom. The molecule has 0 N–H and O–H groups in total. The molecule has 0 aliphatic heterocycles. The van der Waals surface area contributed by atoms with Crippen molar-refractivity contribution in [2.75, 3.05) is 6.61 Å². The Labute approximate surface area is 147 Å². The lowest BCUT2D eigenvalue weighted by atomic mass is 10.2. The van der Waals surface area contributed by atoms with Crippen molar-refractivity contribution in [2.45, 2.75) is 17.8 Å². The van der Waals surface area contributed by atoms with E-state index < -0.39 is 5.97 Å². The maximum atomic E-state index is 11.7. The highest BCUT2D eigenvalue weighted by Gasteiger charge is 2.14. The molecule has 4 aromatic rings. The van der Waals surface area contributed by atoms with E-state index in [1.165, 1.54) is 11.8 Å². The van der Waals surface area contributed by atoms with Gasteiger partial charge in [0.1, 0.15) is 5.76 Å². The van der Waals surface area contributed by atoms with Crippen LogP contribution in [-0.4, -0.2) is 27.2 Å². The van der Waals surface area contributed by atoms with Crippen LogP contribution in [0.15, 0.2) is 58.1 Å². The molecule has 0 saturated carbocycles. The summed E-state index contributed by atoms with van der Waals surface area (Å²) in [5.74, 6) is 1.00. The van der Waals surface area contributed by atoms with Crippen LogP contribution in [0.4, 0.5) is 0 Å². The van der Waals surface area contributed by atoms with Crippen molar-refractivity contribution in [3.63, 3.8) is 0 Å². The van der Waals surface area contributed by atoms with Crippen molar-refractivity contribution < 1.29 is 13.9 Å². The summed E-state index contributed by atoms with van der Waals surface area (Å²) in [6, 6.07) is 15.5. The van der Waals surface area contributed by atoms with Gasteiger partial charge >= 0.3 is 5.97 Å². The molecule has 3 aromatic heterocycles. The molecule has 0 aliphatic carbocycles. The third-order valence-corrected chi connectivity index (χ3v) is 4.68. The number of thioether (sulfide) groups is 1. The molecule has 126 valence electrons. The lowest BCUT2D eigenvalue weighted by Gasteiger charge is -2.03. The van der Waals surface area contributed by atoms with Crippen LogP contribution in [0, 0.1) is 0 Å². The van der Waals surface area contributed by atoms with Crippen LogP contribution in [0.1, 0.15) is 23.2 Å². The molecule has 0 atom stereocenters. The molecule has 0 fully saturated rings. The highest BCUT2D eigenvalue weighted by Crippen LogP contribution is 2.26. The fourth-order valence-corrected chi connectivity index (χ4v) is 3.45. The van der Waals surface area contributed by atoms with Crippen LogP contribution in [0.3, 0.4) is 0 Å². The van der Waals surface area contributed by atoms with Crippen molar-refractivity contribution in [3.05, 3.63) is 60.1 Å². The average Bonchev–Trinajstić information content (AvgIpc) is 3.27. The van der Waals surface area contributed by atoms with E-state index in [4.69, 9.17) is 9.15 Å². The van der Waals surface area contributed by atoms with Gasteiger partial charge < -0.3 is 9.15 Å². The number of hydrogen-bond acceptors (Lipinski definition) is 6. The summed E-state index contributed by atoms with van der Waals surface area (Å²) in [6.45, 7) is 2.08. The highest BCUT2D eigenvalue weighted by atomic mass is 32.2. The first kappa shape index (κ1) is 15.7. The van der Waals surface area contributed by atoms with Crippen molar-refractivity contribution in [1.29, 1.82) is 0 Å². The largest absolute Gasteiger partial charge is 0.460 e. The quantitative estimate of drug-likeness (QED) is 0.400. The van der Waals surface area contributed by atoms with Crippen LogP contribution in [0.5, 0.6) is 0 Å². The molecular weight excluding hydrogens is 338 g/mol. The van der Waals surface area contributed by atoms with E-state index in [2.05, 4.69) is 16.3 Å². The van der Waals surface area contributed by atoms with Gasteiger partial charge in [-0.05, 0) is 42.6 Å². The minimum atomic E-state index is -0.447. The third-order valence-electron chi connectivity index (χ3n) is 3.73. The van der Waals surface area contributed by atoms with Gasteiger partial charge in [0, 0.05) is 0 Å². The predicted octanol–water partition coefficient (Wildman–Crippen LogP) is 3.94. The van der Waals surface area contributed by atoms with Crippen molar-refractivity contribution in [3.8, 4) is 0 Å². The fraction of sp³-hybridized carbons (Fsp3) is 0.167. The number of para-hydroxylation sites is 1. The monoisotopic (exact) mass is 353 g/mol. The second-order valence-electron chi connectivity index (χ2n) is 5.34. The maximum Gasteiger partial charge on any atom is 0.374 e. The molecule has 0 amide bonds. The Kier molecular flexibility index (Phi) is 4.15. The van der Waals surface area contributed by atoms with Crippen LogP contribution >= 0.6 is 11.8 Å². The van der Waals surface area contributed by atoms with Crippen molar-refractivity contribution in [1.82, 2.24) is 14.6 Å². The third kappa shape index (κ3) is 2.98. The number of fused-ring (bicyclic) bond motifs is 3. The molecule has 4 rings (SSSR count). The minimum absolute atomic E-state index is 0.217. The number of nitrogens with zero attached hydrogens (tertiary/aromatic N) is 3. The first-order valence-electron chi connectivity index (χ1n) is 7.88. The molecule has 0 unspecified atom stereocenters. The number of carbonyl (C=O) groups is 1. The summed E-state index contributed by atoms with van der Waals surface area (Å²) in [4.78, 5) is 11.7. The van der Waals surface area contributed by atoms with Crippen LogP contribution in [0.2, 0.25) is 0 Å². The summed E-state index contributed by atoms with van der Waals surface area (Å²) in [5.41, 5.74) is 1.85. The number of carbonyl (C=O) groups excluding carboxylic acids is 1. The average molecular weight is 353 g/mol. The lowest BCUT2D eigenvalue weighted by Crippen LogP contribution is -2.02. The van der Waals surface area contributed by atoms with Gasteiger partial charge in [-0.25, -0.2) is 4.79 Å². The zero-order valence-electron chi connectivity index (χ0n) is 13.5. The molecule has 0 spiro atoms. The molecule has 7 heteroatoms. The maximum absolute atomic E-state index is 11.7. The summed E-state index contributed by atoms with van der Waals surface area (Å²) < 4.78 is 12.5. The summed E-state index contributed by atoms with van der Waals surface area (Å²) in [5, 5.41) is 10.4. The molecule has 6 nitrogen and oxygen atoms in total. The van der Waals surface area contributed by atoms with E-state index in [0.29, 0.717) is 18.1 Å². The number of furan rings is 1. The zero-order chi connectivity index (χ0) is 17.2. The molecule has 0 aliphatic rings. The van der Waals surface area contributed by atoms with Gasteiger partial charge in [0.25, 0.3) is 0 Å². The van der Waals surface area contributed by atoms with E-state index in [9.17, 15) is 4.79 Å². The first-order chi connectivity index (χ1) is 12.3. The van der Waals surface area contributed by atoms with Crippen LogP contribution < -0.4 is 0 Å². The van der Waals surface area contributed by atoms with Gasteiger partial charge in [-0.1, -0.05) is 30.0 Å². The number of rotatable bonds is 5. The van der Waals surface area contributed by atoms with Gasteiger partial charge in [0.05, 0.1) is 17.9 Å². The second-order valence-corrected chi connectivity index (χ2v) is 6.29. The first-order valence-corrected chi connectivity index (χ1v) is 8.86. The molecule has 0 saturated heterocycles. The predicted molar refractivity (Wildman–Crippen MR) is 94.7 cm³/mol. The molecular formula is C18H15N3O3S. The smallest absolute Gasteiger partial charge is 0.374 e. The molecule has 1 aromatic carbocycles. The number of benzene rings is 1. The van der Waals surface area contributed by atoms with Gasteiger partial charge in [-0.3, -0.25) is 4.40 Å². The Morgan fingerprint density at radius 2 is 2.04 bits per heavy atom. The van der Waals surface area contributed by atoms with Crippen LogP contribution in [0.25, 0.3) is 16.6 Å². The minimum Gasteiger partial charge on any atom is -0.460 e. The summed E-state index contributed by atoms with van der Waals surface area (Å²) >= 11 is 1.51. The molecule has 0 radical (unpaired) electrons. The Bertz CT molecular complexity index is 1050. The van der Waals surface area contributed by atoms with Gasteiger partial charge in [0.2, 0.25) is 5.76 Å². The van der Waals surface area contributed by atoms with Crippen molar-refractivity contribution >= 4 is 34.3 Å². The van der Waals surface area contributed by atoms with E-state index in [0.717, 1.165) is 21.7 Å². The standard InChI is InChI=1S/C18H15N3O3S/c1-2-23-17(22)15-9-8-13(24-15)11-25-18-20-19-16-10-7-12-5-3-4-6-14(12)21(16)18/h3-10H,2,11H2,1H3. The lowest BCUT2D eigenvalue weighted by molar-refractivity contribution is 0.0488. The zero-order valence-corrected chi connectivity index (χ0v) is 14.3. The Balaban J connectivity index is 1.59. The number of ether oxygens (including phenoxy) is 1. The number of aromatic nitrogens is 3. The summed E-state index contributed by atoms with van der Waals surface area (Å²) in [7, 11) is 0.